The molecule has 12 atom stereocenters. The van der Waals surface area contributed by atoms with Crippen molar-refractivity contribution in [1.82, 2.24) is 24.8 Å². The fourth-order valence-electron chi connectivity index (χ4n) is 7.61. The van der Waals surface area contributed by atoms with Crippen molar-refractivity contribution in [2.75, 3.05) is 31.7 Å². The summed E-state index contributed by atoms with van der Waals surface area (Å²) in [6, 6.07) is 0. The minimum atomic E-state index is -3.49. The molecule has 3 heterocycles. The lowest BCUT2D eigenvalue weighted by molar-refractivity contribution is -0.0514. The summed E-state index contributed by atoms with van der Waals surface area (Å²) in [5.74, 6) is 4.85. The molecule has 1 aliphatic heterocycles. The van der Waals surface area contributed by atoms with Crippen LogP contribution in [0.5, 0.6) is 0 Å². The number of H-pyrrole nitrogens is 1. The number of thioether (sulfide) groups is 1. The molecule has 0 spiro atoms. The summed E-state index contributed by atoms with van der Waals surface area (Å²) >= 11 is 1.47. The fourth-order valence-corrected chi connectivity index (χ4v) is 8.96. The third-order valence-corrected chi connectivity index (χ3v) is 14.7. The van der Waals surface area contributed by atoms with E-state index in [0.29, 0.717) is 64.8 Å². The van der Waals surface area contributed by atoms with Crippen molar-refractivity contribution in [2.45, 2.75) is 125 Å². The van der Waals surface area contributed by atoms with Gasteiger partial charge in [-0.1, -0.05) is 93.8 Å². The molecule has 0 amide bonds. The Morgan fingerprint density at radius 1 is 1.08 bits per heavy atom. The predicted octanol–water partition coefficient (Wildman–Crippen LogP) is 6.20. The van der Waals surface area contributed by atoms with Crippen molar-refractivity contribution in [3.8, 4) is 0 Å². The number of hydrogen-bond donors (Lipinski definition) is 5. The largest absolute Gasteiger partial charge is 0.488 e. The molecule has 1 aliphatic rings. The fraction of sp³-hybridized carbons (Fsp3) is 0.857. The van der Waals surface area contributed by atoms with E-state index >= 15 is 0 Å². The Balaban J connectivity index is 1.89. The van der Waals surface area contributed by atoms with E-state index in [-0.39, 0.29) is 35.7 Å². The zero-order valence-electron chi connectivity index (χ0n) is 32.5. The van der Waals surface area contributed by atoms with Gasteiger partial charge in [0, 0.05) is 24.3 Å². The summed E-state index contributed by atoms with van der Waals surface area (Å²) in [6.45, 7) is 26.8. The van der Waals surface area contributed by atoms with Gasteiger partial charge in [0.25, 0.3) is 5.56 Å². The number of aromatic amines is 1. The molecule has 0 bridgehead atoms. The van der Waals surface area contributed by atoms with Crippen molar-refractivity contribution in [3.63, 3.8) is 0 Å². The van der Waals surface area contributed by atoms with Crippen LogP contribution in [0.2, 0.25) is 0 Å². The molecule has 3 rings (SSSR count). The normalized spacial score (nSPS) is 25.7. The summed E-state index contributed by atoms with van der Waals surface area (Å²) in [4.78, 5) is 34.5. The Morgan fingerprint density at radius 3 is 2.16 bits per heavy atom. The van der Waals surface area contributed by atoms with Crippen LogP contribution >= 0.6 is 19.6 Å². The highest BCUT2D eigenvalue weighted by Crippen LogP contribution is 2.51. The molecule has 0 aromatic carbocycles. The average Bonchev–Trinajstić information content (AvgIpc) is 3.64. The lowest BCUT2D eigenvalue weighted by Gasteiger charge is -2.50. The molecule has 15 heteroatoms. The lowest BCUT2D eigenvalue weighted by Crippen LogP contribution is -2.58. The first kappa shape index (κ1) is 43.2. The highest BCUT2D eigenvalue weighted by molar-refractivity contribution is 7.99. The smallest absolute Gasteiger partial charge is 0.388 e. The van der Waals surface area contributed by atoms with Crippen molar-refractivity contribution < 1.29 is 23.8 Å². The zero-order chi connectivity index (χ0) is 37.7. The van der Waals surface area contributed by atoms with Gasteiger partial charge in [-0.05, 0) is 54.3 Å². The number of imidazole rings is 1. The van der Waals surface area contributed by atoms with E-state index in [1.807, 2.05) is 0 Å². The predicted molar refractivity (Wildman–Crippen MR) is 206 cm³/mol. The first-order valence-electron chi connectivity index (χ1n) is 18.4. The van der Waals surface area contributed by atoms with E-state index in [1.165, 1.54) is 18.9 Å². The van der Waals surface area contributed by atoms with Gasteiger partial charge in [0.05, 0.1) is 13.2 Å². The number of nitrogens with two attached hydrogens (primary N) is 1. The first-order chi connectivity index (χ1) is 23.3. The van der Waals surface area contributed by atoms with Gasteiger partial charge in [-0.25, -0.2) is 9.88 Å². The Bertz CT molecular complexity index is 1400. The minimum absolute atomic E-state index is 0.0625. The molecule has 284 valence electrons. The maximum absolute atomic E-state index is 12.9. The molecule has 2 aromatic rings. The Hall–Kier alpha value is -1.25. The summed E-state index contributed by atoms with van der Waals surface area (Å²) in [5, 5.41) is 15.7. The van der Waals surface area contributed by atoms with Crippen molar-refractivity contribution in [1.29, 1.82) is 0 Å². The van der Waals surface area contributed by atoms with Gasteiger partial charge in [-0.15, -0.1) is 0 Å². The van der Waals surface area contributed by atoms with Gasteiger partial charge in [0.15, 0.2) is 22.5 Å². The van der Waals surface area contributed by atoms with Gasteiger partial charge in [-0.3, -0.25) is 14.3 Å². The van der Waals surface area contributed by atoms with Crippen LogP contribution in [0.4, 0.5) is 5.95 Å². The number of nitrogens with zero attached hydrogens (tertiary/aromatic N) is 3. The summed E-state index contributed by atoms with van der Waals surface area (Å²) < 4.78 is 18.0. The number of aromatic nitrogens is 4. The molecular weight excluding hydrogens is 674 g/mol. The van der Waals surface area contributed by atoms with Crippen LogP contribution in [0, 0.1) is 47.3 Å². The molecule has 0 saturated carbocycles. The van der Waals surface area contributed by atoms with E-state index in [0.717, 1.165) is 12.8 Å². The maximum Gasteiger partial charge on any atom is 0.488 e. The van der Waals surface area contributed by atoms with Crippen LogP contribution in [0.1, 0.15) is 102 Å². The molecule has 2 aromatic heterocycles. The summed E-state index contributed by atoms with van der Waals surface area (Å²) in [7, 11) is 3.42. The highest BCUT2D eigenvalue weighted by atomic mass is 32.2. The Labute approximate surface area is 306 Å². The second-order valence-corrected chi connectivity index (χ2v) is 18.0. The standard InChI is InChI=1S/C35H65BN6O6PS/c1-13-19(3)21(5)23(7)25(9)35(11,26(10)24(8)22(6)20(4)14-2)38-15-16-50-34-39-29-30(40-33(37)41-31(29)44)42(34)32-28(43)17-27(48-32)18-47-49(36,45)46-12/h19-28,32,38,43,45H,13-18H2,1-12H3,(H3,37,40,41,44)/q+1/t19?,20?,21?,22?,23?,24?,25?,26?,27-,28-,32+,35?,49?/m0/s1. The van der Waals surface area contributed by atoms with Crippen LogP contribution in [-0.2, 0) is 13.8 Å². The molecule has 0 aliphatic carbocycles. The van der Waals surface area contributed by atoms with Gasteiger partial charge < -0.3 is 20.9 Å². The topological polar surface area (TPSA) is 170 Å². The van der Waals surface area contributed by atoms with Crippen LogP contribution < -0.4 is 16.6 Å². The highest BCUT2D eigenvalue weighted by Gasteiger charge is 2.45. The van der Waals surface area contributed by atoms with Gasteiger partial charge in [-0.2, -0.15) is 14.0 Å². The number of rotatable bonds is 20. The second-order valence-electron chi connectivity index (χ2n) is 15.2. The number of nitrogen functional groups attached to an aromatic ring is 1. The molecule has 12 nitrogen and oxygen atoms in total. The molecule has 1 fully saturated rings. The molecular formula is C35H65BN6O6PS+. The Kier molecular flexibility index (Phi) is 15.7. The number of anilines is 1. The first-order valence-corrected chi connectivity index (χ1v) is 21.1. The van der Waals surface area contributed by atoms with Crippen molar-refractivity contribution in [3.05, 3.63) is 10.4 Å². The van der Waals surface area contributed by atoms with Crippen molar-refractivity contribution >= 4 is 44.3 Å². The van der Waals surface area contributed by atoms with Crippen LogP contribution in [0.25, 0.3) is 11.2 Å². The van der Waals surface area contributed by atoms with Crippen LogP contribution in [-0.4, -0.2) is 80.8 Å². The third-order valence-electron chi connectivity index (χ3n) is 12.7. The Morgan fingerprint density at radius 2 is 1.64 bits per heavy atom. The maximum atomic E-state index is 12.9. The minimum Gasteiger partial charge on any atom is -0.388 e. The molecule has 9 unspecified atom stereocenters. The van der Waals surface area contributed by atoms with Crippen LogP contribution in [0.3, 0.4) is 0 Å². The van der Waals surface area contributed by atoms with Gasteiger partial charge >= 0.3 is 15.4 Å². The van der Waals surface area contributed by atoms with E-state index in [1.54, 1.807) is 4.57 Å². The SMILES string of the molecule is [B][P+](O)(OC)OC[C@@H]1C[C@H](O)[C@H](n2c(SCCNC(C)(C(C)C(C)C(C)C(C)CC)C(C)C(C)C(C)C(C)CC)nc3c(=O)[nH]c(N)nc32)O1. The molecule has 1 saturated heterocycles. The van der Waals surface area contributed by atoms with Crippen LogP contribution in [0.15, 0.2) is 9.95 Å². The molecule has 2 radical (unpaired) electrons. The molecule has 6 N–H and O–H groups in total. The lowest BCUT2D eigenvalue weighted by atomic mass is 9.61. The van der Waals surface area contributed by atoms with E-state index in [4.69, 9.17) is 27.1 Å². The van der Waals surface area contributed by atoms with E-state index < -0.39 is 31.8 Å². The molecule has 50 heavy (non-hydrogen) atoms. The second kappa shape index (κ2) is 18.2. The number of nitrogens with one attached hydrogen (secondary N) is 2. The van der Waals surface area contributed by atoms with E-state index in [9.17, 15) is 14.8 Å². The van der Waals surface area contributed by atoms with Gasteiger partial charge in [0.2, 0.25) is 5.95 Å². The average molecular weight is 740 g/mol. The number of fused-ring (bicyclic) bond motifs is 1. The number of ether oxygens (including phenoxy) is 1. The van der Waals surface area contributed by atoms with Gasteiger partial charge in [0.1, 0.15) is 12.7 Å². The zero-order valence-corrected chi connectivity index (χ0v) is 34.2. The number of aliphatic hydroxyl groups is 1. The quantitative estimate of drug-likeness (QED) is 0.0454. The monoisotopic (exact) mass is 739 g/mol. The van der Waals surface area contributed by atoms with Crippen molar-refractivity contribution in [2.24, 2.45) is 47.3 Å². The number of hydrogen-bond acceptors (Lipinski definition) is 11. The number of aliphatic hydroxyl groups excluding tert-OH is 1. The van der Waals surface area contributed by atoms with E-state index in [2.05, 4.69) is 96.4 Å². The summed E-state index contributed by atoms with van der Waals surface area (Å²) in [5.41, 5.74) is 5.66. The third kappa shape index (κ3) is 9.84. The summed E-state index contributed by atoms with van der Waals surface area (Å²) in [6.07, 6.45) is 0.0442.